The summed E-state index contributed by atoms with van der Waals surface area (Å²) in [5.74, 6) is 0. The monoisotopic (exact) mass is 415 g/mol. The molecule has 0 bridgehead atoms. The molecule has 2 aliphatic rings. The van der Waals surface area contributed by atoms with Gasteiger partial charge in [0.25, 0.3) is 5.56 Å². The van der Waals surface area contributed by atoms with E-state index < -0.39 is 10.0 Å². The van der Waals surface area contributed by atoms with Gasteiger partial charge < -0.3 is 0 Å². The van der Waals surface area contributed by atoms with Crippen LogP contribution in [0.3, 0.4) is 0 Å². The van der Waals surface area contributed by atoms with Crippen molar-refractivity contribution >= 4 is 10.0 Å². The highest BCUT2D eigenvalue weighted by Gasteiger charge is 2.33. The van der Waals surface area contributed by atoms with E-state index in [-0.39, 0.29) is 11.6 Å². The second-order valence-corrected chi connectivity index (χ2v) is 10.1. The van der Waals surface area contributed by atoms with Gasteiger partial charge in [0.1, 0.15) is 0 Å². The van der Waals surface area contributed by atoms with Crippen molar-refractivity contribution in [3.63, 3.8) is 0 Å². The summed E-state index contributed by atoms with van der Waals surface area (Å²) in [7, 11) is -3.58. The van der Waals surface area contributed by atoms with E-state index in [2.05, 4.69) is 10.2 Å². The average Bonchev–Trinajstić information content (AvgIpc) is 2.74. The molecule has 7 heteroatoms. The molecular formula is C22H29N3O3S. The van der Waals surface area contributed by atoms with Crippen LogP contribution in [0.25, 0.3) is 11.3 Å². The zero-order valence-electron chi connectivity index (χ0n) is 17.2. The van der Waals surface area contributed by atoms with Crippen LogP contribution in [-0.2, 0) is 29.3 Å². The normalized spacial score (nSPS) is 20.4. The van der Waals surface area contributed by atoms with E-state index in [0.29, 0.717) is 23.6 Å². The summed E-state index contributed by atoms with van der Waals surface area (Å²) in [6.45, 7) is 4.54. The molecule has 2 aromatic rings. The number of H-pyrrole nitrogens is 1. The Hall–Kier alpha value is -1.99. The van der Waals surface area contributed by atoms with Gasteiger partial charge in [0.2, 0.25) is 10.0 Å². The first-order valence-corrected chi connectivity index (χ1v) is 12.1. The van der Waals surface area contributed by atoms with Crippen LogP contribution in [0.5, 0.6) is 0 Å². The molecule has 1 atom stereocenters. The zero-order valence-corrected chi connectivity index (χ0v) is 18.0. The molecule has 1 aliphatic carbocycles. The number of sulfonamides is 1. The predicted octanol–water partition coefficient (Wildman–Crippen LogP) is 3.44. The van der Waals surface area contributed by atoms with Crippen LogP contribution >= 0.6 is 0 Å². The highest BCUT2D eigenvalue weighted by molar-refractivity contribution is 7.89. The number of aromatic amines is 1. The number of fused-ring (bicyclic) bond motifs is 1. The first-order valence-electron chi connectivity index (χ1n) is 10.7. The molecule has 1 fully saturated rings. The molecule has 29 heavy (non-hydrogen) atoms. The van der Waals surface area contributed by atoms with Crippen LogP contribution < -0.4 is 5.56 Å². The number of piperidine rings is 1. The lowest BCUT2D eigenvalue weighted by molar-refractivity contribution is 0.268. The molecule has 2 heterocycles. The smallest absolute Gasteiger partial charge is 0.267 e. The van der Waals surface area contributed by atoms with Crippen LogP contribution in [0, 0.1) is 0 Å². The molecule has 1 saturated heterocycles. The Morgan fingerprint density at radius 1 is 1.14 bits per heavy atom. The SMILES string of the molecule is CCc1ccc(-c2n[nH]c(=O)c3c2CCCC3)cc1S(=O)(=O)N1CCCC[C@H]1C. The fourth-order valence-corrected chi connectivity index (χ4v) is 6.71. The lowest BCUT2D eigenvalue weighted by atomic mass is 9.89. The van der Waals surface area contributed by atoms with Crippen molar-refractivity contribution in [2.45, 2.75) is 76.2 Å². The number of nitrogens with one attached hydrogen (secondary N) is 1. The minimum Gasteiger partial charge on any atom is -0.268 e. The lowest BCUT2D eigenvalue weighted by Crippen LogP contribution is -2.42. The maximum atomic E-state index is 13.6. The Kier molecular flexibility index (Phi) is 5.62. The highest BCUT2D eigenvalue weighted by Crippen LogP contribution is 2.33. The van der Waals surface area contributed by atoms with Gasteiger partial charge in [-0.1, -0.05) is 25.5 Å². The Morgan fingerprint density at radius 2 is 1.90 bits per heavy atom. The summed E-state index contributed by atoms with van der Waals surface area (Å²) in [6.07, 6.45) is 7.10. The quantitative estimate of drug-likeness (QED) is 0.829. The first kappa shape index (κ1) is 20.3. The zero-order chi connectivity index (χ0) is 20.6. The number of aromatic nitrogens is 2. The Balaban J connectivity index is 1.84. The molecule has 156 valence electrons. The van der Waals surface area contributed by atoms with Gasteiger partial charge in [-0.2, -0.15) is 9.40 Å². The fourth-order valence-electron chi connectivity index (χ4n) is 4.69. The van der Waals surface area contributed by atoms with E-state index in [1.54, 1.807) is 10.4 Å². The van der Waals surface area contributed by atoms with Gasteiger partial charge in [-0.15, -0.1) is 0 Å². The molecule has 1 aromatic heterocycles. The van der Waals surface area contributed by atoms with Crippen LogP contribution in [0.4, 0.5) is 0 Å². The van der Waals surface area contributed by atoms with Gasteiger partial charge in [-0.3, -0.25) is 4.79 Å². The largest absolute Gasteiger partial charge is 0.268 e. The molecule has 0 spiro atoms. The molecule has 1 aromatic carbocycles. The third kappa shape index (κ3) is 3.66. The molecule has 4 rings (SSSR count). The minimum atomic E-state index is -3.58. The average molecular weight is 416 g/mol. The number of nitrogens with zero attached hydrogens (tertiary/aromatic N) is 2. The van der Waals surface area contributed by atoms with E-state index in [0.717, 1.165) is 67.2 Å². The number of hydrogen-bond donors (Lipinski definition) is 1. The summed E-state index contributed by atoms with van der Waals surface area (Å²) in [6, 6.07) is 5.62. The standard InChI is InChI=1S/C22H29N3O3S/c1-3-16-11-12-17(21-18-9-4-5-10-19(18)22(26)24-23-21)14-20(16)29(27,28)25-13-7-6-8-15(25)2/h11-12,14-15H,3-10,13H2,1-2H3,(H,24,26)/t15-/m1/s1. The molecule has 0 radical (unpaired) electrons. The van der Waals surface area contributed by atoms with Crippen molar-refractivity contribution in [1.29, 1.82) is 0 Å². The van der Waals surface area contributed by atoms with E-state index >= 15 is 0 Å². The van der Waals surface area contributed by atoms with Gasteiger partial charge in [-0.05, 0) is 69.1 Å². The second kappa shape index (κ2) is 8.03. The summed E-state index contributed by atoms with van der Waals surface area (Å²) >= 11 is 0. The molecule has 1 aliphatic heterocycles. The van der Waals surface area contributed by atoms with Crippen molar-refractivity contribution in [3.8, 4) is 11.3 Å². The topological polar surface area (TPSA) is 83.1 Å². The fraction of sp³-hybridized carbons (Fsp3) is 0.545. The third-order valence-electron chi connectivity index (χ3n) is 6.35. The van der Waals surface area contributed by atoms with Crippen LogP contribution in [-0.4, -0.2) is 35.5 Å². The summed E-state index contributed by atoms with van der Waals surface area (Å²) in [5.41, 5.74) is 3.95. The highest BCUT2D eigenvalue weighted by atomic mass is 32.2. The van der Waals surface area contributed by atoms with Crippen LogP contribution in [0.2, 0.25) is 0 Å². The van der Waals surface area contributed by atoms with Gasteiger partial charge in [0.15, 0.2) is 0 Å². The van der Waals surface area contributed by atoms with E-state index in [1.807, 2.05) is 26.0 Å². The number of aryl methyl sites for hydroxylation is 1. The maximum absolute atomic E-state index is 13.6. The summed E-state index contributed by atoms with van der Waals surface area (Å²) in [4.78, 5) is 12.6. The molecule has 0 saturated carbocycles. The number of hydrogen-bond acceptors (Lipinski definition) is 4. The van der Waals surface area contributed by atoms with Crippen LogP contribution in [0.1, 0.15) is 62.6 Å². The lowest BCUT2D eigenvalue weighted by Gasteiger charge is -2.33. The van der Waals surface area contributed by atoms with E-state index in [4.69, 9.17) is 0 Å². The Bertz CT molecular complexity index is 1080. The summed E-state index contributed by atoms with van der Waals surface area (Å²) in [5, 5.41) is 6.94. The number of benzene rings is 1. The van der Waals surface area contributed by atoms with Crippen molar-refractivity contribution in [3.05, 3.63) is 45.2 Å². The van der Waals surface area contributed by atoms with Crippen molar-refractivity contribution < 1.29 is 8.42 Å². The minimum absolute atomic E-state index is 0.0149. The molecule has 1 N–H and O–H groups in total. The van der Waals surface area contributed by atoms with Gasteiger partial charge in [0.05, 0.1) is 10.6 Å². The molecular weight excluding hydrogens is 386 g/mol. The second-order valence-electron chi connectivity index (χ2n) is 8.20. The van der Waals surface area contributed by atoms with Gasteiger partial charge in [0, 0.05) is 23.7 Å². The van der Waals surface area contributed by atoms with E-state index in [9.17, 15) is 13.2 Å². The van der Waals surface area contributed by atoms with Gasteiger partial charge >= 0.3 is 0 Å². The van der Waals surface area contributed by atoms with Gasteiger partial charge in [-0.25, -0.2) is 13.5 Å². The molecule has 0 amide bonds. The Labute approximate surface area is 172 Å². The van der Waals surface area contributed by atoms with Crippen molar-refractivity contribution in [2.24, 2.45) is 0 Å². The van der Waals surface area contributed by atoms with Crippen LogP contribution in [0.15, 0.2) is 27.9 Å². The molecule has 0 unspecified atom stereocenters. The first-order chi connectivity index (χ1) is 13.9. The third-order valence-corrected chi connectivity index (χ3v) is 8.44. The Morgan fingerprint density at radius 3 is 2.62 bits per heavy atom. The molecule has 6 nitrogen and oxygen atoms in total. The predicted molar refractivity (Wildman–Crippen MR) is 114 cm³/mol. The van der Waals surface area contributed by atoms with E-state index in [1.165, 1.54) is 0 Å². The van der Waals surface area contributed by atoms with Crippen molar-refractivity contribution in [2.75, 3.05) is 6.54 Å². The maximum Gasteiger partial charge on any atom is 0.267 e. The van der Waals surface area contributed by atoms with Crippen molar-refractivity contribution in [1.82, 2.24) is 14.5 Å². The summed E-state index contributed by atoms with van der Waals surface area (Å²) < 4.78 is 28.8. The number of rotatable bonds is 4.